The maximum absolute atomic E-state index is 6.00. The van der Waals surface area contributed by atoms with Crippen molar-refractivity contribution in [2.75, 3.05) is 11.5 Å². The van der Waals surface area contributed by atoms with E-state index in [-0.39, 0.29) is 6.04 Å². The molecule has 2 rings (SSSR count). The first-order valence-electron chi connectivity index (χ1n) is 5.71. The SMILES string of the molecule is Cc1ccc(-c2c(N)c(N)nn2C(C)C)cc1. The first-order valence-corrected chi connectivity index (χ1v) is 5.71. The summed E-state index contributed by atoms with van der Waals surface area (Å²) in [5.74, 6) is 0.397. The minimum absolute atomic E-state index is 0.228. The maximum atomic E-state index is 6.00. The molecule has 0 bridgehead atoms. The van der Waals surface area contributed by atoms with Crippen LogP contribution in [0.3, 0.4) is 0 Å². The fraction of sp³-hybridized carbons (Fsp3) is 0.308. The van der Waals surface area contributed by atoms with Gasteiger partial charge in [-0.3, -0.25) is 4.68 Å². The predicted octanol–water partition coefficient (Wildman–Crippen LogP) is 2.60. The van der Waals surface area contributed by atoms with Crippen LogP contribution in [0.5, 0.6) is 0 Å². The maximum Gasteiger partial charge on any atom is 0.169 e. The summed E-state index contributed by atoms with van der Waals surface area (Å²) in [7, 11) is 0. The second kappa shape index (κ2) is 4.13. The third-order valence-corrected chi connectivity index (χ3v) is 2.79. The van der Waals surface area contributed by atoms with Crippen LogP contribution in [0.4, 0.5) is 11.5 Å². The number of aryl methyl sites for hydroxylation is 1. The highest BCUT2D eigenvalue weighted by Gasteiger charge is 2.16. The largest absolute Gasteiger partial charge is 0.394 e. The van der Waals surface area contributed by atoms with E-state index in [9.17, 15) is 0 Å². The predicted molar refractivity (Wildman–Crippen MR) is 71.6 cm³/mol. The van der Waals surface area contributed by atoms with Crippen molar-refractivity contribution in [2.45, 2.75) is 26.8 Å². The zero-order chi connectivity index (χ0) is 12.6. The van der Waals surface area contributed by atoms with Crippen LogP contribution in [0.15, 0.2) is 24.3 Å². The van der Waals surface area contributed by atoms with E-state index in [1.807, 2.05) is 16.8 Å². The van der Waals surface area contributed by atoms with Crippen LogP contribution in [0, 0.1) is 6.92 Å². The van der Waals surface area contributed by atoms with Gasteiger partial charge in [-0.25, -0.2) is 0 Å². The van der Waals surface area contributed by atoms with Gasteiger partial charge >= 0.3 is 0 Å². The number of nitrogens with zero attached hydrogens (tertiary/aromatic N) is 2. The van der Waals surface area contributed by atoms with Gasteiger partial charge in [0, 0.05) is 11.6 Å². The van der Waals surface area contributed by atoms with Crippen molar-refractivity contribution in [3.63, 3.8) is 0 Å². The van der Waals surface area contributed by atoms with Gasteiger partial charge < -0.3 is 11.5 Å². The topological polar surface area (TPSA) is 69.9 Å². The molecule has 17 heavy (non-hydrogen) atoms. The molecule has 0 fully saturated rings. The Morgan fingerprint density at radius 3 is 2.24 bits per heavy atom. The molecule has 0 aliphatic carbocycles. The fourth-order valence-electron chi connectivity index (χ4n) is 1.84. The Hall–Kier alpha value is -1.97. The standard InChI is InChI=1S/C13H18N4/c1-8(2)17-12(11(14)13(15)16-17)10-6-4-9(3)5-7-10/h4-8H,14H2,1-3H3,(H2,15,16). The number of nitrogens with two attached hydrogens (primary N) is 2. The van der Waals surface area contributed by atoms with Gasteiger partial charge in [-0.2, -0.15) is 5.10 Å². The number of hydrogen-bond acceptors (Lipinski definition) is 3. The number of anilines is 2. The second-order valence-electron chi connectivity index (χ2n) is 4.55. The van der Waals surface area contributed by atoms with Crippen molar-refractivity contribution < 1.29 is 0 Å². The van der Waals surface area contributed by atoms with Gasteiger partial charge in [0.15, 0.2) is 5.82 Å². The van der Waals surface area contributed by atoms with Crippen molar-refractivity contribution in [2.24, 2.45) is 0 Å². The van der Waals surface area contributed by atoms with Crippen LogP contribution in [0.1, 0.15) is 25.5 Å². The Bertz CT molecular complexity index is 523. The van der Waals surface area contributed by atoms with Gasteiger partial charge in [0.1, 0.15) is 5.69 Å². The van der Waals surface area contributed by atoms with E-state index in [0.717, 1.165) is 11.3 Å². The van der Waals surface area contributed by atoms with Crippen molar-refractivity contribution in [1.82, 2.24) is 9.78 Å². The Morgan fingerprint density at radius 1 is 1.12 bits per heavy atom. The van der Waals surface area contributed by atoms with E-state index >= 15 is 0 Å². The van der Waals surface area contributed by atoms with E-state index in [4.69, 9.17) is 11.5 Å². The number of nitrogen functional groups attached to an aromatic ring is 2. The normalized spacial score (nSPS) is 11.1. The molecule has 0 saturated carbocycles. The third kappa shape index (κ3) is 1.98. The van der Waals surface area contributed by atoms with Crippen molar-refractivity contribution in [3.8, 4) is 11.3 Å². The molecule has 2 aromatic rings. The van der Waals surface area contributed by atoms with E-state index < -0.39 is 0 Å². The van der Waals surface area contributed by atoms with E-state index in [1.54, 1.807) is 0 Å². The molecule has 0 aliphatic heterocycles. The van der Waals surface area contributed by atoms with Crippen LogP contribution in [-0.4, -0.2) is 9.78 Å². The highest BCUT2D eigenvalue weighted by molar-refractivity contribution is 5.80. The summed E-state index contributed by atoms with van der Waals surface area (Å²) in [6, 6.07) is 8.43. The number of aromatic nitrogens is 2. The molecule has 4 nitrogen and oxygen atoms in total. The number of rotatable bonds is 2. The van der Waals surface area contributed by atoms with E-state index in [0.29, 0.717) is 11.5 Å². The molecule has 1 aromatic carbocycles. The van der Waals surface area contributed by atoms with Gasteiger partial charge in [0.25, 0.3) is 0 Å². The zero-order valence-corrected chi connectivity index (χ0v) is 10.4. The molecule has 0 amide bonds. The van der Waals surface area contributed by atoms with Crippen molar-refractivity contribution in [1.29, 1.82) is 0 Å². The lowest BCUT2D eigenvalue weighted by Crippen LogP contribution is -2.05. The first kappa shape index (κ1) is 11.5. The van der Waals surface area contributed by atoms with Crippen LogP contribution in [0.25, 0.3) is 11.3 Å². The van der Waals surface area contributed by atoms with Crippen LogP contribution < -0.4 is 11.5 Å². The van der Waals surface area contributed by atoms with Crippen LogP contribution >= 0.6 is 0 Å². The summed E-state index contributed by atoms with van der Waals surface area (Å²) >= 11 is 0. The van der Waals surface area contributed by atoms with Crippen LogP contribution in [-0.2, 0) is 0 Å². The van der Waals surface area contributed by atoms with Gasteiger partial charge in [-0.15, -0.1) is 0 Å². The average molecular weight is 230 g/mol. The van der Waals surface area contributed by atoms with Gasteiger partial charge in [-0.05, 0) is 20.8 Å². The summed E-state index contributed by atoms with van der Waals surface area (Å²) < 4.78 is 1.87. The minimum Gasteiger partial charge on any atom is -0.394 e. The molecule has 0 atom stereocenters. The lowest BCUT2D eigenvalue weighted by molar-refractivity contribution is 0.541. The number of benzene rings is 1. The average Bonchev–Trinajstić information content (AvgIpc) is 2.57. The summed E-state index contributed by atoms with van der Waals surface area (Å²) in [6.45, 7) is 6.17. The first-order chi connectivity index (χ1) is 8.00. The molecular weight excluding hydrogens is 212 g/mol. The Morgan fingerprint density at radius 2 is 1.71 bits per heavy atom. The van der Waals surface area contributed by atoms with Crippen molar-refractivity contribution in [3.05, 3.63) is 29.8 Å². The van der Waals surface area contributed by atoms with E-state index in [1.165, 1.54) is 5.56 Å². The third-order valence-electron chi connectivity index (χ3n) is 2.79. The van der Waals surface area contributed by atoms with Crippen LogP contribution in [0.2, 0.25) is 0 Å². The zero-order valence-electron chi connectivity index (χ0n) is 10.4. The molecule has 0 spiro atoms. The van der Waals surface area contributed by atoms with Gasteiger partial charge in [0.05, 0.1) is 5.69 Å². The molecule has 1 heterocycles. The lowest BCUT2D eigenvalue weighted by Gasteiger charge is -2.11. The summed E-state index contributed by atoms with van der Waals surface area (Å²) in [6.07, 6.45) is 0. The Labute approximate surface area is 101 Å². The molecule has 0 unspecified atom stereocenters. The minimum atomic E-state index is 0.228. The highest BCUT2D eigenvalue weighted by atomic mass is 15.3. The number of hydrogen-bond donors (Lipinski definition) is 2. The van der Waals surface area contributed by atoms with Crippen molar-refractivity contribution >= 4 is 11.5 Å². The fourth-order valence-corrected chi connectivity index (χ4v) is 1.84. The van der Waals surface area contributed by atoms with Gasteiger partial charge in [-0.1, -0.05) is 29.8 Å². The summed E-state index contributed by atoms with van der Waals surface area (Å²) in [5, 5.41) is 4.28. The van der Waals surface area contributed by atoms with Gasteiger partial charge in [0.2, 0.25) is 0 Å². The molecule has 4 heteroatoms. The molecule has 0 aliphatic rings. The smallest absolute Gasteiger partial charge is 0.169 e. The molecule has 1 aromatic heterocycles. The molecule has 0 radical (unpaired) electrons. The summed E-state index contributed by atoms with van der Waals surface area (Å²) in [5.41, 5.74) is 15.5. The molecule has 90 valence electrons. The molecular formula is C13H18N4. The quantitative estimate of drug-likeness (QED) is 0.833. The Kier molecular flexibility index (Phi) is 2.79. The second-order valence-corrected chi connectivity index (χ2v) is 4.55. The lowest BCUT2D eigenvalue weighted by atomic mass is 10.1. The highest BCUT2D eigenvalue weighted by Crippen LogP contribution is 2.32. The molecule has 0 saturated heterocycles. The monoisotopic (exact) mass is 230 g/mol. The van der Waals surface area contributed by atoms with E-state index in [2.05, 4.69) is 38.0 Å². The summed E-state index contributed by atoms with van der Waals surface area (Å²) in [4.78, 5) is 0. The Balaban J connectivity index is 2.61. The molecule has 4 N–H and O–H groups in total.